The van der Waals surface area contributed by atoms with Gasteiger partial charge in [0.05, 0.1) is 23.8 Å². The largest absolute Gasteiger partial charge is 0.376 e. The van der Waals surface area contributed by atoms with Crippen LogP contribution in [0.3, 0.4) is 0 Å². The van der Waals surface area contributed by atoms with Crippen molar-refractivity contribution in [2.75, 3.05) is 19.0 Å². The first-order valence-electron chi connectivity index (χ1n) is 6.56. The summed E-state index contributed by atoms with van der Waals surface area (Å²) in [5.74, 6) is 1.72. The van der Waals surface area contributed by atoms with Crippen LogP contribution in [-0.2, 0) is 24.2 Å². The lowest BCUT2D eigenvalue weighted by Crippen LogP contribution is -2.15. The van der Waals surface area contributed by atoms with E-state index in [1.807, 2.05) is 7.05 Å². The molecule has 3 rings (SSSR count). The van der Waals surface area contributed by atoms with Gasteiger partial charge in [0.25, 0.3) is 0 Å². The molecule has 0 spiro atoms. The van der Waals surface area contributed by atoms with Crippen LogP contribution < -0.4 is 5.32 Å². The first kappa shape index (κ1) is 12.6. The van der Waals surface area contributed by atoms with E-state index in [4.69, 9.17) is 9.72 Å². The van der Waals surface area contributed by atoms with Crippen molar-refractivity contribution in [3.8, 4) is 10.7 Å². The molecule has 1 N–H and O–H groups in total. The minimum absolute atomic E-state index is 0.608. The Hall–Kier alpha value is -1.46. The number of nitrogens with zero attached hydrogens (tertiary/aromatic N) is 2. The van der Waals surface area contributed by atoms with Crippen LogP contribution in [0.15, 0.2) is 12.1 Å². The molecule has 0 aromatic carbocycles. The molecule has 0 aliphatic carbocycles. The maximum absolute atomic E-state index is 5.49. The molecule has 3 heterocycles. The van der Waals surface area contributed by atoms with E-state index in [0.717, 1.165) is 47.2 Å². The van der Waals surface area contributed by atoms with Crippen LogP contribution >= 0.6 is 11.3 Å². The number of fused-ring (bicyclic) bond motifs is 1. The van der Waals surface area contributed by atoms with Gasteiger partial charge in [-0.3, -0.25) is 0 Å². The number of aromatic nitrogens is 2. The van der Waals surface area contributed by atoms with Crippen LogP contribution in [-0.4, -0.2) is 23.6 Å². The number of nitrogens with one attached hydrogen (secondary N) is 1. The van der Waals surface area contributed by atoms with E-state index in [1.165, 1.54) is 4.88 Å². The Kier molecular flexibility index (Phi) is 3.48. The van der Waals surface area contributed by atoms with Crippen molar-refractivity contribution in [2.45, 2.75) is 26.4 Å². The van der Waals surface area contributed by atoms with E-state index >= 15 is 0 Å². The van der Waals surface area contributed by atoms with Gasteiger partial charge >= 0.3 is 0 Å². The fraction of sp³-hybridized carbons (Fsp3) is 0.429. The smallest absolute Gasteiger partial charge is 0.171 e. The van der Waals surface area contributed by atoms with E-state index in [1.54, 1.807) is 11.3 Å². The molecule has 1 aliphatic rings. The normalized spacial score (nSPS) is 14.2. The summed E-state index contributed by atoms with van der Waals surface area (Å²) in [6.07, 6.45) is 1.92. The molecule has 4 nitrogen and oxygen atoms in total. The Labute approximate surface area is 116 Å². The summed E-state index contributed by atoms with van der Waals surface area (Å²) >= 11 is 1.77. The van der Waals surface area contributed by atoms with Crippen molar-refractivity contribution in [3.05, 3.63) is 28.3 Å². The lowest BCUT2D eigenvalue weighted by molar-refractivity contribution is 0.109. The third kappa shape index (κ3) is 2.35. The first-order chi connectivity index (χ1) is 9.31. The fourth-order valence-corrected chi connectivity index (χ4v) is 3.12. The van der Waals surface area contributed by atoms with Crippen LogP contribution in [0.25, 0.3) is 10.7 Å². The van der Waals surface area contributed by atoms with E-state index in [-0.39, 0.29) is 0 Å². The summed E-state index contributed by atoms with van der Waals surface area (Å²) < 4.78 is 5.49. The third-order valence-electron chi connectivity index (χ3n) is 3.29. The van der Waals surface area contributed by atoms with Gasteiger partial charge in [0.2, 0.25) is 0 Å². The molecule has 5 heteroatoms. The minimum Gasteiger partial charge on any atom is -0.376 e. The number of hydrogen-bond acceptors (Lipinski definition) is 5. The van der Waals surface area contributed by atoms with Gasteiger partial charge in [-0.1, -0.05) is 6.92 Å². The molecule has 0 unspecified atom stereocenters. The molecule has 19 heavy (non-hydrogen) atoms. The monoisotopic (exact) mass is 275 g/mol. The number of rotatable bonds is 3. The maximum atomic E-state index is 5.49. The van der Waals surface area contributed by atoms with Crippen molar-refractivity contribution >= 4 is 17.2 Å². The number of thiophene rings is 1. The highest BCUT2D eigenvalue weighted by Crippen LogP contribution is 2.30. The van der Waals surface area contributed by atoms with Gasteiger partial charge in [0.15, 0.2) is 5.82 Å². The second-order valence-corrected chi connectivity index (χ2v) is 5.66. The van der Waals surface area contributed by atoms with Gasteiger partial charge in [-0.25, -0.2) is 9.97 Å². The zero-order chi connectivity index (χ0) is 13.2. The van der Waals surface area contributed by atoms with Crippen molar-refractivity contribution in [1.82, 2.24) is 9.97 Å². The van der Waals surface area contributed by atoms with E-state index in [2.05, 4.69) is 29.4 Å². The maximum Gasteiger partial charge on any atom is 0.171 e. The lowest BCUT2D eigenvalue weighted by Gasteiger charge is -2.18. The molecule has 0 saturated heterocycles. The zero-order valence-electron chi connectivity index (χ0n) is 11.2. The summed E-state index contributed by atoms with van der Waals surface area (Å²) in [4.78, 5) is 11.9. The van der Waals surface area contributed by atoms with Gasteiger partial charge in [-0.15, -0.1) is 11.3 Å². The van der Waals surface area contributed by atoms with E-state index in [0.29, 0.717) is 6.61 Å². The standard InChI is InChI=1S/C14H17N3OS/c1-3-9-4-5-12(19-9)14-16-11-6-7-18-8-10(11)13(15-2)17-14/h4-5H,3,6-8H2,1-2H3,(H,15,16,17). The molecular formula is C14H17N3OS. The van der Waals surface area contributed by atoms with Crippen LogP contribution in [0.5, 0.6) is 0 Å². The van der Waals surface area contributed by atoms with Gasteiger partial charge in [-0.05, 0) is 18.6 Å². The van der Waals surface area contributed by atoms with Crippen LogP contribution in [0.4, 0.5) is 5.82 Å². The second-order valence-electron chi connectivity index (χ2n) is 4.49. The van der Waals surface area contributed by atoms with Crippen molar-refractivity contribution in [3.63, 3.8) is 0 Å². The number of ether oxygens (including phenoxy) is 1. The Morgan fingerprint density at radius 2 is 2.26 bits per heavy atom. The highest BCUT2D eigenvalue weighted by molar-refractivity contribution is 7.15. The fourth-order valence-electron chi connectivity index (χ4n) is 2.24. The number of anilines is 1. The Bertz CT molecular complexity index is 577. The van der Waals surface area contributed by atoms with Crippen molar-refractivity contribution in [1.29, 1.82) is 0 Å². The molecule has 2 aromatic heterocycles. The summed E-state index contributed by atoms with van der Waals surface area (Å²) in [7, 11) is 1.90. The van der Waals surface area contributed by atoms with Crippen LogP contribution in [0.2, 0.25) is 0 Å². The molecule has 1 aliphatic heterocycles. The third-order valence-corrected chi connectivity index (χ3v) is 4.52. The summed E-state index contributed by atoms with van der Waals surface area (Å²) in [6, 6.07) is 4.27. The predicted octanol–water partition coefficient (Wildman–Crippen LogP) is 2.88. The molecule has 0 saturated carbocycles. The zero-order valence-corrected chi connectivity index (χ0v) is 12.0. The lowest BCUT2D eigenvalue weighted by atomic mass is 10.1. The SMILES string of the molecule is CCc1ccc(-c2nc3c(c(NC)n2)COCC3)s1. The Morgan fingerprint density at radius 3 is 3.00 bits per heavy atom. The highest BCUT2D eigenvalue weighted by Gasteiger charge is 2.18. The molecule has 0 atom stereocenters. The summed E-state index contributed by atoms with van der Waals surface area (Å²) in [5.41, 5.74) is 2.22. The topological polar surface area (TPSA) is 47.0 Å². The van der Waals surface area contributed by atoms with Gasteiger partial charge < -0.3 is 10.1 Å². The van der Waals surface area contributed by atoms with E-state index in [9.17, 15) is 0 Å². The average Bonchev–Trinajstić information content (AvgIpc) is 2.95. The molecule has 100 valence electrons. The molecule has 0 fully saturated rings. The Morgan fingerprint density at radius 1 is 1.37 bits per heavy atom. The minimum atomic E-state index is 0.608. The van der Waals surface area contributed by atoms with Crippen molar-refractivity contribution in [2.24, 2.45) is 0 Å². The summed E-state index contributed by atoms with van der Waals surface area (Å²) in [6.45, 7) is 3.52. The second kappa shape index (κ2) is 5.27. The Balaban J connectivity index is 2.06. The van der Waals surface area contributed by atoms with E-state index < -0.39 is 0 Å². The highest BCUT2D eigenvalue weighted by atomic mass is 32.1. The molecule has 0 amide bonds. The molecule has 0 radical (unpaired) electrons. The summed E-state index contributed by atoms with van der Waals surface area (Å²) in [5, 5.41) is 3.16. The number of hydrogen-bond donors (Lipinski definition) is 1. The molecule has 2 aromatic rings. The molecule has 0 bridgehead atoms. The van der Waals surface area contributed by atoms with Crippen LogP contribution in [0, 0.1) is 0 Å². The molecular weight excluding hydrogens is 258 g/mol. The van der Waals surface area contributed by atoms with Gasteiger partial charge in [0, 0.05) is 23.9 Å². The van der Waals surface area contributed by atoms with Gasteiger partial charge in [0.1, 0.15) is 5.82 Å². The number of aryl methyl sites for hydroxylation is 1. The van der Waals surface area contributed by atoms with Gasteiger partial charge in [-0.2, -0.15) is 0 Å². The average molecular weight is 275 g/mol. The quantitative estimate of drug-likeness (QED) is 0.935. The van der Waals surface area contributed by atoms with Crippen molar-refractivity contribution < 1.29 is 4.74 Å². The van der Waals surface area contributed by atoms with Crippen LogP contribution in [0.1, 0.15) is 23.1 Å². The predicted molar refractivity (Wildman–Crippen MR) is 77.6 cm³/mol. The first-order valence-corrected chi connectivity index (χ1v) is 7.37.